The molecule has 0 bridgehead atoms. The number of aromatic nitrogens is 4. The fourth-order valence-corrected chi connectivity index (χ4v) is 2.07. The fourth-order valence-electron chi connectivity index (χ4n) is 2.07. The van der Waals surface area contributed by atoms with Crippen LogP contribution in [0.4, 0.5) is 5.95 Å². The van der Waals surface area contributed by atoms with Crippen LogP contribution in [0, 0.1) is 12.3 Å². The molecular weight excluding hydrogens is 246 g/mol. The van der Waals surface area contributed by atoms with E-state index in [0.29, 0.717) is 24.1 Å². The summed E-state index contributed by atoms with van der Waals surface area (Å²) in [4.78, 5) is 12.5. The van der Waals surface area contributed by atoms with Gasteiger partial charge in [0.2, 0.25) is 5.95 Å². The number of hydrogen-bond acceptors (Lipinski definition) is 6. The molecule has 0 amide bonds. The minimum atomic E-state index is -0.582. The number of aryl methyl sites for hydroxylation is 1. The van der Waals surface area contributed by atoms with E-state index in [4.69, 9.17) is 5.73 Å². The average Bonchev–Trinajstić information content (AvgIpc) is 2.79. The Morgan fingerprint density at radius 1 is 1.32 bits per heavy atom. The third-order valence-corrected chi connectivity index (χ3v) is 3.58. The van der Waals surface area contributed by atoms with E-state index in [1.165, 1.54) is 0 Å². The van der Waals surface area contributed by atoms with Gasteiger partial charge in [0.1, 0.15) is 5.52 Å². The van der Waals surface area contributed by atoms with Gasteiger partial charge in [0.25, 0.3) is 0 Å². The molecule has 0 atom stereocenters. The van der Waals surface area contributed by atoms with Crippen LogP contribution in [0.1, 0.15) is 19.0 Å². The summed E-state index contributed by atoms with van der Waals surface area (Å²) >= 11 is 0. The quantitative estimate of drug-likeness (QED) is 0.707. The second kappa shape index (κ2) is 5.10. The van der Waals surface area contributed by atoms with Crippen LogP contribution in [-0.2, 0) is 6.54 Å². The summed E-state index contributed by atoms with van der Waals surface area (Å²) in [5, 5.41) is 19.0. The first kappa shape index (κ1) is 13.7. The zero-order valence-corrected chi connectivity index (χ0v) is 11.2. The third-order valence-electron chi connectivity index (χ3n) is 3.58. The largest absolute Gasteiger partial charge is 0.396 e. The van der Waals surface area contributed by atoms with E-state index in [-0.39, 0.29) is 19.2 Å². The molecule has 0 saturated carbocycles. The minimum absolute atomic E-state index is 0.0980. The summed E-state index contributed by atoms with van der Waals surface area (Å²) in [6, 6.07) is 0. The second-order valence-corrected chi connectivity index (χ2v) is 4.88. The zero-order valence-electron chi connectivity index (χ0n) is 11.2. The van der Waals surface area contributed by atoms with Gasteiger partial charge in [-0.25, -0.2) is 9.97 Å². The molecule has 4 N–H and O–H groups in total. The van der Waals surface area contributed by atoms with Crippen molar-refractivity contribution in [2.75, 3.05) is 18.9 Å². The van der Waals surface area contributed by atoms with Crippen molar-refractivity contribution in [2.24, 2.45) is 5.41 Å². The van der Waals surface area contributed by atoms with Crippen LogP contribution in [-0.4, -0.2) is 42.9 Å². The Balaban J connectivity index is 2.46. The standard InChI is InChI=1S/C12H19N5O2/c1-3-12(5-18,6-19)4-17-7-14-9-8(2)15-11(13)16-10(9)17/h7,18-19H,3-6H2,1-2H3,(H2,13,15,16). The Morgan fingerprint density at radius 2 is 2.00 bits per heavy atom. The van der Waals surface area contributed by atoms with E-state index in [1.807, 2.05) is 13.8 Å². The van der Waals surface area contributed by atoms with Crippen molar-refractivity contribution >= 4 is 17.1 Å². The van der Waals surface area contributed by atoms with E-state index in [2.05, 4.69) is 15.0 Å². The molecule has 0 aromatic carbocycles. The molecule has 7 nitrogen and oxygen atoms in total. The lowest BCUT2D eigenvalue weighted by Crippen LogP contribution is -2.34. The SMILES string of the molecule is CCC(CO)(CO)Cn1cnc2c(C)nc(N)nc21. The van der Waals surface area contributed by atoms with Crippen LogP contribution in [0.15, 0.2) is 6.33 Å². The zero-order chi connectivity index (χ0) is 14.0. The van der Waals surface area contributed by atoms with Gasteiger partial charge in [-0.3, -0.25) is 0 Å². The van der Waals surface area contributed by atoms with Crippen LogP contribution in [0.3, 0.4) is 0 Å². The van der Waals surface area contributed by atoms with Gasteiger partial charge in [0, 0.05) is 12.0 Å². The number of nitrogens with two attached hydrogens (primary N) is 1. The maximum atomic E-state index is 9.51. The lowest BCUT2D eigenvalue weighted by molar-refractivity contribution is 0.0372. The number of rotatable bonds is 5. The number of anilines is 1. The molecule has 0 fully saturated rings. The van der Waals surface area contributed by atoms with Crippen molar-refractivity contribution in [1.82, 2.24) is 19.5 Å². The Bertz CT molecular complexity index is 568. The average molecular weight is 265 g/mol. The highest BCUT2D eigenvalue weighted by atomic mass is 16.3. The molecular formula is C12H19N5O2. The van der Waals surface area contributed by atoms with Gasteiger partial charge in [0.15, 0.2) is 5.65 Å². The molecule has 0 spiro atoms. The Labute approximate surface area is 111 Å². The van der Waals surface area contributed by atoms with E-state index < -0.39 is 5.41 Å². The van der Waals surface area contributed by atoms with Crippen LogP contribution < -0.4 is 5.73 Å². The lowest BCUT2D eigenvalue weighted by Gasteiger charge is -2.28. The highest BCUT2D eigenvalue weighted by Gasteiger charge is 2.28. The maximum Gasteiger partial charge on any atom is 0.222 e. The van der Waals surface area contributed by atoms with Gasteiger partial charge in [-0.15, -0.1) is 0 Å². The summed E-state index contributed by atoms with van der Waals surface area (Å²) in [6.07, 6.45) is 2.29. The normalized spacial score (nSPS) is 12.2. The lowest BCUT2D eigenvalue weighted by atomic mass is 9.87. The predicted octanol–water partition coefficient (Wildman–Crippen LogP) is 0.0979. The first-order valence-electron chi connectivity index (χ1n) is 6.22. The van der Waals surface area contributed by atoms with Gasteiger partial charge in [-0.1, -0.05) is 6.92 Å². The topological polar surface area (TPSA) is 110 Å². The van der Waals surface area contributed by atoms with Crippen LogP contribution in [0.2, 0.25) is 0 Å². The Hall–Kier alpha value is -1.73. The van der Waals surface area contributed by atoms with Gasteiger partial charge < -0.3 is 20.5 Å². The highest BCUT2D eigenvalue weighted by molar-refractivity contribution is 5.74. The second-order valence-electron chi connectivity index (χ2n) is 4.88. The summed E-state index contributed by atoms with van der Waals surface area (Å²) in [5.41, 5.74) is 7.11. The molecule has 2 rings (SSSR count). The highest BCUT2D eigenvalue weighted by Crippen LogP contribution is 2.25. The number of nitrogen functional groups attached to an aromatic ring is 1. The molecule has 19 heavy (non-hydrogen) atoms. The monoisotopic (exact) mass is 265 g/mol. The molecule has 0 radical (unpaired) electrons. The van der Waals surface area contributed by atoms with E-state index in [0.717, 1.165) is 5.69 Å². The molecule has 2 heterocycles. The van der Waals surface area contributed by atoms with Gasteiger partial charge in [-0.05, 0) is 13.3 Å². The molecule has 0 saturated heterocycles. The van der Waals surface area contributed by atoms with Crippen LogP contribution >= 0.6 is 0 Å². The van der Waals surface area contributed by atoms with Crippen LogP contribution in [0.5, 0.6) is 0 Å². The molecule has 2 aromatic rings. The number of hydrogen-bond donors (Lipinski definition) is 3. The van der Waals surface area contributed by atoms with Gasteiger partial charge in [0.05, 0.1) is 25.2 Å². The molecule has 7 heteroatoms. The number of fused-ring (bicyclic) bond motifs is 1. The molecule has 0 aliphatic rings. The van der Waals surface area contributed by atoms with Crippen molar-refractivity contribution in [3.8, 4) is 0 Å². The number of imidazole rings is 1. The van der Waals surface area contributed by atoms with E-state index in [9.17, 15) is 10.2 Å². The van der Waals surface area contributed by atoms with Crippen molar-refractivity contribution in [3.63, 3.8) is 0 Å². The van der Waals surface area contributed by atoms with Gasteiger partial charge >= 0.3 is 0 Å². The van der Waals surface area contributed by atoms with Crippen molar-refractivity contribution in [3.05, 3.63) is 12.0 Å². The molecule has 0 aliphatic heterocycles. The number of aliphatic hydroxyl groups is 2. The summed E-state index contributed by atoms with van der Waals surface area (Å²) < 4.78 is 1.80. The predicted molar refractivity (Wildman–Crippen MR) is 71.4 cm³/mol. The van der Waals surface area contributed by atoms with E-state index >= 15 is 0 Å². The van der Waals surface area contributed by atoms with Crippen molar-refractivity contribution in [2.45, 2.75) is 26.8 Å². The number of nitrogens with zero attached hydrogens (tertiary/aromatic N) is 4. The molecule has 104 valence electrons. The minimum Gasteiger partial charge on any atom is -0.396 e. The Morgan fingerprint density at radius 3 is 2.58 bits per heavy atom. The summed E-state index contributed by atoms with van der Waals surface area (Å²) in [7, 11) is 0. The molecule has 2 aromatic heterocycles. The Kier molecular flexibility index (Phi) is 3.68. The van der Waals surface area contributed by atoms with Gasteiger partial charge in [-0.2, -0.15) is 4.98 Å². The van der Waals surface area contributed by atoms with Crippen molar-refractivity contribution in [1.29, 1.82) is 0 Å². The third kappa shape index (κ3) is 2.39. The molecule has 0 unspecified atom stereocenters. The van der Waals surface area contributed by atoms with Crippen LogP contribution in [0.25, 0.3) is 11.2 Å². The van der Waals surface area contributed by atoms with E-state index in [1.54, 1.807) is 10.9 Å². The fraction of sp³-hybridized carbons (Fsp3) is 0.583. The summed E-state index contributed by atoms with van der Waals surface area (Å²) in [6.45, 7) is 3.99. The first-order chi connectivity index (χ1) is 9.05. The first-order valence-corrected chi connectivity index (χ1v) is 6.22. The summed E-state index contributed by atoms with van der Waals surface area (Å²) in [5.74, 6) is 0.196. The number of aliphatic hydroxyl groups excluding tert-OH is 2. The van der Waals surface area contributed by atoms with Crippen molar-refractivity contribution < 1.29 is 10.2 Å². The maximum absolute atomic E-state index is 9.51. The molecule has 0 aliphatic carbocycles. The smallest absolute Gasteiger partial charge is 0.222 e.